The Morgan fingerprint density at radius 2 is 2.13 bits per heavy atom. The molecule has 0 saturated heterocycles. The topological polar surface area (TPSA) is 26.0 Å². The van der Waals surface area contributed by atoms with Crippen molar-refractivity contribution in [1.29, 1.82) is 0 Å². The SMILES string of the molecule is Cc1ccc(CCC2(N)CC2)c(Br)c1F. The molecule has 0 bridgehead atoms. The van der Waals surface area contributed by atoms with Crippen LogP contribution in [-0.2, 0) is 6.42 Å². The maximum Gasteiger partial charge on any atom is 0.140 e. The van der Waals surface area contributed by atoms with Crippen molar-refractivity contribution in [2.45, 2.75) is 38.1 Å². The second kappa shape index (κ2) is 3.87. The number of benzene rings is 1. The molecule has 2 rings (SSSR count). The number of halogens is 2. The molecule has 0 spiro atoms. The van der Waals surface area contributed by atoms with Gasteiger partial charge in [-0.25, -0.2) is 4.39 Å². The molecule has 1 aliphatic rings. The van der Waals surface area contributed by atoms with E-state index in [1.54, 1.807) is 6.92 Å². The molecule has 82 valence electrons. The van der Waals surface area contributed by atoms with Gasteiger partial charge in [0.05, 0.1) is 4.47 Å². The van der Waals surface area contributed by atoms with Crippen LogP contribution in [0.3, 0.4) is 0 Å². The van der Waals surface area contributed by atoms with Gasteiger partial charge in [-0.3, -0.25) is 0 Å². The Kier molecular flexibility index (Phi) is 2.86. The number of aryl methyl sites for hydroxylation is 2. The van der Waals surface area contributed by atoms with Crippen molar-refractivity contribution < 1.29 is 4.39 Å². The van der Waals surface area contributed by atoms with Crippen LogP contribution in [0, 0.1) is 12.7 Å². The lowest BCUT2D eigenvalue weighted by Crippen LogP contribution is -2.22. The van der Waals surface area contributed by atoms with Gasteiger partial charge in [-0.2, -0.15) is 0 Å². The summed E-state index contributed by atoms with van der Waals surface area (Å²) in [6, 6.07) is 3.81. The highest BCUT2D eigenvalue weighted by molar-refractivity contribution is 9.10. The van der Waals surface area contributed by atoms with Gasteiger partial charge in [0.1, 0.15) is 5.82 Å². The molecule has 1 aliphatic carbocycles. The second-order valence-electron chi connectivity index (χ2n) is 4.53. The number of rotatable bonds is 3. The van der Waals surface area contributed by atoms with Crippen molar-refractivity contribution in [3.8, 4) is 0 Å². The van der Waals surface area contributed by atoms with E-state index in [1.807, 2.05) is 12.1 Å². The van der Waals surface area contributed by atoms with E-state index in [1.165, 1.54) is 0 Å². The highest BCUT2D eigenvalue weighted by Crippen LogP contribution is 2.37. The highest BCUT2D eigenvalue weighted by atomic mass is 79.9. The molecule has 0 radical (unpaired) electrons. The third-order valence-corrected chi connectivity index (χ3v) is 4.00. The Bertz CT molecular complexity index is 385. The second-order valence-corrected chi connectivity index (χ2v) is 5.32. The third kappa shape index (κ3) is 2.40. The van der Waals surface area contributed by atoms with Crippen molar-refractivity contribution in [2.75, 3.05) is 0 Å². The molecule has 0 unspecified atom stereocenters. The minimum absolute atomic E-state index is 0.0425. The quantitative estimate of drug-likeness (QED) is 0.897. The molecule has 3 heteroatoms. The van der Waals surface area contributed by atoms with E-state index in [0.717, 1.165) is 31.2 Å². The van der Waals surface area contributed by atoms with Crippen LogP contribution in [0.5, 0.6) is 0 Å². The Morgan fingerprint density at radius 1 is 1.47 bits per heavy atom. The minimum atomic E-state index is -0.144. The molecule has 1 saturated carbocycles. The maximum absolute atomic E-state index is 13.5. The van der Waals surface area contributed by atoms with Gasteiger partial charge >= 0.3 is 0 Å². The van der Waals surface area contributed by atoms with Crippen LogP contribution in [0.1, 0.15) is 30.4 Å². The molecule has 2 N–H and O–H groups in total. The van der Waals surface area contributed by atoms with Crippen molar-refractivity contribution in [3.05, 3.63) is 33.5 Å². The average molecular weight is 272 g/mol. The smallest absolute Gasteiger partial charge is 0.140 e. The van der Waals surface area contributed by atoms with Gasteiger partial charge in [-0.1, -0.05) is 12.1 Å². The van der Waals surface area contributed by atoms with E-state index in [0.29, 0.717) is 10.0 Å². The van der Waals surface area contributed by atoms with Crippen molar-refractivity contribution in [1.82, 2.24) is 0 Å². The molecule has 1 nitrogen and oxygen atoms in total. The van der Waals surface area contributed by atoms with Crippen LogP contribution >= 0.6 is 15.9 Å². The molecule has 15 heavy (non-hydrogen) atoms. The normalized spacial score (nSPS) is 17.9. The lowest BCUT2D eigenvalue weighted by Gasteiger charge is -2.10. The Balaban J connectivity index is 2.11. The zero-order chi connectivity index (χ0) is 11.1. The summed E-state index contributed by atoms with van der Waals surface area (Å²) < 4.78 is 14.2. The van der Waals surface area contributed by atoms with Gasteiger partial charge in [-0.15, -0.1) is 0 Å². The van der Waals surface area contributed by atoms with Crippen LogP contribution in [0.2, 0.25) is 0 Å². The first kappa shape index (κ1) is 11.1. The van der Waals surface area contributed by atoms with Crippen molar-refractivity contribution in [3.63, 3.8) is 0 Å². The van der Waals surface area contributed by atoms with Gasteiger partial charge in [0, 0.05) is 5.54 Å². The van der Waals surface area contributed by atoms with E-state index in [4.69, 9.17) is 5.73 Å². The highest BCUT2D eigenvalue weighted by Gasteiger charge is 2.37. The summed E-state index contributed by atoms with van der Waals surface area (Å²) in [5.41, 5.74) is 7.75. The minimum Gasteiger partial charge on any atom is -0.325 e. The fourth-order valence-corrected chi connectivity index (χ4v) is 2.32. The predicted octanol–water partition coefficient (Wildman–Crippen LogP) is 3.32. The van der Waals surface area contributed by atoms with E-state index in [9.17, 15) is 4.39 Å². The van der Waals surface area contributed by atoms with Gasteiger partial charge in [-0.05, 0) is 59.7 Å². The number of nitrogens with two attached hydrogens (primary N) is 1. The largest absolute Gasteiger partial charge is 0.325 e. The van der Waals surface area contributed by atoms with Crippen LogP contribution in [0.15, 0.2) is 16.6 Å². The molecule has 1 aromatic carbocycles. The van der Waals surface area contributed by atoms with Crippen molar-refractivity contribution in [2.24, 2.45) is 5.73 Å². The molecule has 0 atom stereocenters. The fourth-order valence-electron chi connectivity index (χ4n) is 1.67. The first-order chi connectivity index (χ1) is 7.02. The standard InChI is InChI=1S/C12H15BrFN/c1-8-2-3-9(10(13)11(8)14)4-5-12(15)6-7-12/h2-3H,4-7,15H2,1H3. The lowest BCUT2D eigenvalue weighted by molar-refractivity contribution is 0.590. The number of hydrogen-bond donors (Lipinski definition) is 1. The first-order valence-corrected chi connectivity index (χ1v) is 6.03. The number of hydrogen-bond acceptors (Lipinski definition) is 1. The Labute approximate surface area is 98.0 Å². The maximum atomic E-state index is 13.5. The van der Waals surface area contributed by atoms with E-state index < -0.39 is 0 Å². The zero-order valence-corrected chi connectivity index (χ0v) is 10.4. The summed E-state index contributed by atoms with van der Waals surface area (Å²) in [7, 11) is 0. The summed E-state index contributed by atoms with van der Waals surface area (Å²) in [5.74, 6) is -0.144. The molecule has 0 aliphatic heterocycles. The molecule has 1 fully saturated rings. The molecular formula is C12H15BrFN. The first-order valence-electron chi connectivity index (χ1n) is 5.24. The van der Waals surface area contributed by atoms with Gasteiger partial charge < -0.3 is 5.73 Å². The zero-order valence-electron chi connectivity index (χ0n) is 8.82. The molecule has 1 aromatic rings. The van der Waals surface area contributed by atoms with Crippen LogP contribution < -0.4 is 5.73 Å². The van der Waals surface area contributed by atoms with E-state index in [2.05, 4.69) is 15.9 Å². The van der Waals surface area contributed by atoms with Crippen LogP contribution in [-0.4, -0.2) is 5.54 Å². The molecule has 0 amide bonds. The summed E-state index contributed by atoms with van der Waals surface area (Å²) in [6.07, 6.45) is 4.03. The van der Waals surface area contributed by atoms with Crippen molar-refractivity contribution >= 4 is 15.9 Å². The molecular weight excluding hydrogens is 257 g/mol. The summed E-state index contributed by atoms with van der Waals surface area (Å²) in [4.78, 5) is 0. The Morgan fingerprint density at radius 3 is 2.73 bits per heavy atom. The third-order valence-electron chi connectivity index (χ3n) is 3.14. The average Bonchev–Trinajstić information content (AvgIpc) is 2.93. The monoisotopic (exact) mass is 271 g/mol. The van der Waals surface area contributed by atoms with Crippen LogP contribution in [0.4, 0.5) is 4.39 Å². The molecule has 0 aromatic heterocycles. The van der Waals surface area contributed by atoms with Crippen LogP contribution in [0.25, 0.3) is 0 Å². The van der Waals surface area contributed by atoms with E-state index >= 15 is 0 Å². The van der Waals surface area contributed by atoms with Gasteiger partial charge in [0.25, 0.3) is 0 Å². The van der Waals surface area contributed by atoms with Gasteiger partial charge in [0.15, 0.2) is 0 Å². The van der Waals surface area contributed by atoms with E-state index in [-0.39, 0.29) is 11.4 Å². The summed E-state index contributed by atoms with van der Waals surface area (Å²) in [5, 5.41) is 0. The fraction of sp³-hybridized carbons (Fsp3) is 0.500. The lowest BCUT2D eigenvalue weighted by atomic mass is 10.0. The Hall–Kier alpha value is -0.410. The predicted molar refractivity (Wildman–Crippen MR) is 63.3 cm³/mol. The molecule has 0 heterocycles. The summed E-state index contributed by atoms with van der Waals surface area (Å²) in [6.45, 7) is 1.77. The van der Waals surface area contributed by atoms with Gasteiger partial charge in [0.2, 0.25) is 0 Å². The summed E-state index contributed by atoms with van der Waals surface area (Å²) >= 11 is 3.30.